The Bertz CT molecular complexity index is 187. The molecule has 0 amide bonds. The second kappa shape index (κ2) is 6.82. The Morgan fingerprint density at radius 2 is 1.92 bits per heavy atom. The normalized spacial score (nSPS) is 12.8. The first-order valence-electron chi connectivity index (χ1n) is 4.01. The van der Waals surface area contributed by atoms with Gasteiger partial charge in [0.15, 0.2) is 5.91 Å². The number of methoxy groups -OCH3 is 2. The van der Waals surface area contributed by atoms with Crippen molar-refractivity contribution in [2.45, 2.75) is 19.8 Å². The number of hydrogen-bond acceptors (Lipinski definition) is 4. The molecule has 0 aliphatic rings. The highest BCUT2D eigenvalue weighted by Gasteiger charge is 2.11. The van der Waals surface area contributed by atoms with Gasteiger partial charge in [-0.1, -0.05) is 6.08 Å². The van der Waals surface area contributed by atoms with Gasteiger partial charge in [-0.3, -0.25) is 0 Å². The SMILES string of the molecule is CC=C(C)C(=O)O[SiH2]C(OC)OC. The molecule has 0 bridgehead atoms. The number of carbonyl (C=O) groups excluding carboxylic acids is 1. The molecule has 0 aromatic heterocycles. The van der Waals surface area contributed by atoms with E-state index in [0.717, 1.165) is 0 Å². The average molecular weight is 204 g/mol. The van der Waals surface area contributed by atoms with Crippen molar-refractivity contribution in [2.24, 2.45) is 0 Å². The summed E-state index contributed by atoms with van der Waals surface area (Å²) in [6.07, 6.45) is 1.71. The summed E-state index contributed by atoms with van der Waals surface area (Å²) >= 11 is 0. The van der Waals surface area contributed by atoms with E-state index in [2.05, 4.69) is 0 Å². The van der Waals surface area contributed by atoms with E-state index < -0.39 is 9.76 Å². The molecule has 0 spiro atoms. The van der Waals surface area contributed by atoms with Gasteiger partial charge < -0.3 is 13.9 Å². The van der Waals surface area contributed by atoms with Crippen LogP contribution < -0.4 is 0 Å². The fraction of sp³-hybridized carbons (Fsp3) is 0.625. The lowest BCUT2D eigenvalue weighted by atomic mass is 10.3. The molecule has 0 aliphatic heterocycles. The van der Waals surface area contributed by atoms with Crippen LogP contribution in [0.5, 0.6) is 0 Å². The first-order chi connectivity index (χ1) is 6.15. The molecule has 0 rings (SSSR count). The van der Waals surface area contributed by atoms with E-state index in [0.29, 0.717) is 5.57 Å². The minimum absolute atomic E-state index is 0.284. The third-order valence-electron chi connectivity index (χ3n) is 1.63. The standard InChI is InChI=1S/C8H16O4Si/c1-5-6(2)7(9)12-13-8(10-3)11-4/h5,8H,13H2,1-4H3. The summed E-state index contributed by atoms with van der Waals surface area (Å²) in [7, 11) is 1.94. The van der Waals surface area contributed by atoms with Crippen molar-refractivity contribution in [2.75, 3.05) is 14.2 Å². The van der Waals surface area contributed by atoms with E-state index >= 15 is 0 Å². The molecular formula is C8H16O4Si. The van der Waals surface area contributed by atoms with Gasteiger partial charge in [0.25, 0.3) is 9.76 Å². The maximum atomic E-state index is 11.1. The van der Waals surface area contributed by atoms with Gasteiger partial charge in [-0.2, -0.15) is 0 Å². The van der Waals surface area contributed by atoms with Gasteiger partial charge in [0, 0.05) is 19.8 Å². The maximum Gasteiger partial charge on any atom is 0.319 e. The van der Waals surface area contributed by atoms with E-state index in [1.807, 2.05) is 0 Å². The van der Waals surface area contributed by atoms with Crippen LogP contribution in [0.3, 0.4) is 0 Å². The molecule has 0 aromatic carbocycles. The number of carbonyl (C=O) groups is 1. The van der Waals surface area contributed by atoms with Crippen LogP contribution >= 0.6 is 0 Å². The molecule has 13 heavy (non-hydrogen) atoms. The molecule has 0 unspecified atom stereocenters. The Balaban J connectivity index is 3.81. The summed E-state index contributed by atoms with van der Waals surface area (Å²) in [4.78, 5) is 11.1. The molecule has 4 nitrogen and oxygen atoms in total. The minimum Gasteiger partial charge on any atom is -0.516 e. The van der Waals surface area contributed by atoms with E-state index in [4.69, 9.17) is 13.9 Å². The van der Waals surface area contributed by atoms with Crippen LogP contribution in [-0.4, -0.2) is 35.9 Å². The van der Waals surface area contributed by atoms with Gasteiger partial charge in [-0.25, -0.2) is 4.79 Å². The van der Waals surface area contributed by atoms with Crippen LogP contribution in [0.1, 0.15) is 13.8 Å². The zero-order valence-electron chi connectivity index (χ0n) is 8.49. The van der Waals surface area contributed by atoms with Crippen molar-refractivity contribution in [3.63, 3.8) is 0 Å². The molecule has 0 aliphatic carbocycles. The molecule has 0 heterocycles. The number of rotatable bonds is 5. The first kappa shape index (κ1) is 12.3. The zero-order valence-corrected chi connectivity index (χ0v) is 9.91. The summed E-state index contributed by atoms with van der Waals surface area (Å²) in [5.41, 5.74) is 0.610. The average Bonchev–Trinajstić information content (AvgIpc) is 2.17. The smallest absolute Gasteiger partial charge is 0.319 e. The Hall–Kier alpha value is -0.653. The molecule has 0 fully saturated rings. The van der Waals surface area contributed by atoms with E-state index in [9.17, 15) is 4.79 Å². The number of allylic oxidation sites excluding steroid dienone is 1. The maximum absolute atomic E-state index is 11.1. The highest BCUT2D eigenvalue weighted by molar-refractivity contribution is 6.32. The number of hydrogen-bond donors (Lipinski definition) is 0. The van der Waals surface area contributed by atoms with Gasteiger partial charge >= 0.3 is 5.97 Å². The van der Waals surface area contributed by atoms with Crippen LogP contribution in [0.15, 0.2) is 11.6 Å². The third kappa shape index (κ3) is 4.82. The summed E-state index contributed by atoms with van der Waals surface area (Å²) in [5.74, 6) is -0.637. The molecule has 0 aromatic rings. The highest BCUT2D eigenvalue weighted by atomic mass is 28.2. The van der Waals surface area contributed by atoms with Gasteiger partial charge in [0.2, 0.25) is 0 Å². The summed E-state index contributed by atoms with van der Waals surface area (Å²) < 4.78 is 14.8. The predicted octanol–water partition coefficient (Wildman–Crippen LogP) is 0.156. The van der Waals surface area contributed by atoms with E-state index in [1.54, 1.807) is 19.9 Å². The monoisotopic (exact) mass is 204 g/mol. The Labute approximate surface area is 80.8 Å². The lowest BCUT2D eigenvalue weighted by Gasteiger charge is -2.12. The van der Waals surface area contributed by atoms with Crippen molar-refractivity contribution in [1.82, 2.24) is 0 Å². The van der Waals surface area contributed by atoms with Crippen LogP contribution in [-0.2, 0) is 18.7 Å². The lowest BCUT2D eigenvalue weighted by Crippen LogP contribution is -2.26. The second-order valence-electron chi connectivity index (χ2n) is 2.47. The quantitative estimate of drug-likeness (QED) is 0.363. The molecule has 76 valence electrons. The van der Waals surface area contributed by atoms with Gasteiger partial charge in [0.05, 0.1) is 0 Å². The summed E-state index contributed by atoms with van der Waals surface area (Å²) in [6, 6.07) is 0. The largest absolute Gasteiger partial charge is 0.516 e. The third-order valence-corrected chi connectivity index (χ3v) is 3.00. The topological polar surface area (TPSA) is 44.8 Å². The Morgan fingerprint density at radius 1 is 1.38 bits per heavy atom. The minimum atomic E-state index is -1.11. The van der Waals surface area contributed by atoms with Crippen molar-refractivity contribution >= 4 is 15.7 Å². The zero-order chi connectivity index (χ0) is 10.3. The molecule has 0 N–H and O–H groups in total. The predicted molar refractivity (Wildman–Crippen MR) is 51.9 cm³/mol. The van der Waals surface area contributed by atoms with Gasteiger partial charge in [0.1, 0.15) is 0 Å². The Kier molecular flexibility index (Phi) is 6.48. The molecule has 0 radical (unpaired) electrons. The van der Waals surface area contributed by atoms with Gasteiger partial charge in [-0.05, 0) is 13.8 Å². The Morgan fingerprint density at radius 3 is 2.31 bits per heavy atom. The van der Waals surface area contributed by atoms with Crippen LogP contribution in [0.25, 0.3) is 0 Å². The van der Waals surface area contributed by atoms with Crippen molar-refractivity contribution in [1.29, 1.82) is 0 Å². The summed E-state index contributed by atoms with van der Waals surface area (Å²) in [6.45, 7) is 3.51. The van der Waals surface area contributed by atoms with Crippen LogP contribution in [0, 0.1) is 0 Å². The van der Waals surface area contributed by atoms with Crippen molar-refractivity contribution in [3.8, 4) is 0 Å². The summed E-state index contributed by atoms with van der Waals surface area (Å²) in [5, 5.41) is 0. The van der Waals surface area contributed by atoms with E-state index in [-0.39, 0.29) is 11.9 Å². The van der Waals surface area contributed by atoms with Crippen LogP contribution in [0.4, 0.5) is 0 Å². The van der Waals surface area contributed by atoms with E-state index in [1.165, 1.54) is 14.2 Å². The fourth-order valence-corrected chi connectivity index (χ4v) is 1.40. The number of ether oxygens (including phenoxy) is 2. The second-order valence-corrected chi connectivity index (χ2v) is 3.76. The molecule has 0 saturated heterocycles. The molecular weight excluding hydrogens is 188 g/mol. The van der Waals surface area contributed by atoms with Crippen molar-refractivity contribution in [3.05, 3.63) is 11.6 Å². The van der Waals surface area contributed by atoms with Gasteiger partial charge in [-0.15, -0.1) is 0 Å². The first-order valence-corrected chi connectivity index (χ1v) is 5.40. The lowest BCUT2D eigenvalue weighted by molar-refractivity contribution is -0.132. The molecule has 0 atom stereocenters. The molecule has 5 heteroatoms. The fourth-order valence-electron chi connectivity index (χ4n) is 0.608. The highest BCUT2D eigenvalue weighted by Crippen LogP contribution is 1.97. The molecule has 0 saturated carbocycles. The van der Waals surface area contributed by atoms with Crippen LogP contribution in [0.2, 0.25) is 0 Å². The van der Waals surface area contributed by atoms with Crippen molar-refractivity contribution < 1.29 is 18.7 Å².